The zero-order valence-electron chi connectivity index (χ0n) is 16.5. The first-order valence-corrected chi connectivity index (χ1v) is 9.13. The Morgan fingerprint density at radius 3 is 2.50 bits per heavy atom. The van der Waals surface area contributed by atoms with Crippen molar-refractivity contribution in [1.82, 2.24) is 4.90 Å². The Morgan fingerprint density at radius 1 is 1.18 bits per heavy atom. The van der Waals surface area contributed by atoms with E-state index in [1.54, 1.807) is 19.0 Å². The van der Waals surface area contributed by atoms with E-state index < -0.39 is 18.2 Å². The Hall–Kier alpha value is -2.70. The molecular weight excluding hydrogens is 358 g/mol. The van der Waals surface area contributed by atoms with Crippen molar-refractivity contribution in [2.75, 3.05) is 20.7 Å². The molecule has 0 saturated carbocycles. The Kier molecular flexibility index (Phi) is 5.54. The van der Waals surface area contributed by atoms with Crippen molar-refractivity contribution in [3.05, 3.63) is 59.7 Å². The van der Waals surface area contributed by atoms with Crippen molar-refractivity contribution in [1.29, 1.82) is 0 Å². The van der Waals surface area contributed by atoms with Gasteiger partial charge in [0.15, 0.2) is 6.23 Å². The zero-order chi connectivity index (χ0) is 20.5. The highest BCUT2D eigenvalue weighted by molar-refractivity contribution is 5.93. The second kappa shape index (κ2) is 7.73. The number of carbonyl (C=O) groups excluding carboxylic acids is 1. The summed E-state index contributed by atoms with van der Waals surface area (Å²) in [5, 5.41) is 11.0. The molecule has 0 fully saturated rings. The van der Waals surface area contributed by atoms with Gasteiger partial charge in [0.25, 0.3) is 0 Å². The second-order valence-electron chi connectivity index (χ2n) is 7.71. The summed E-state index contributed by atoms with van der Waals surface area (Å²) in [5.74, 6) is -1.92. The third kappa shape index (κ3) is 3.79. The van der Waals surface area contributed by atoms with Gasteiger partial charge in [-0.3, -0.25) is 4.90 Å². The number of likely N-dealkylation sites (N-methyl/N-ethyl adjacent to an activating group) is 1. The number of hydrogen-bond acceptors (Lipinski definition) is 5. The molecule has 0 aromatic heterocycles. The van der Waals surface area contributed by atoms with Crippen LogP contribution in [0.3, 0.4) is 0 Å². The lowest BCUT2D eigenvalue weighted by molar-refractivity contribution is -0.160. The van der Waals surface area contributed by atoms with Crippen LogP contribution in [0.4, 0.5) is 0 Å². The predicted molar refractivity (Wildman–Crippen MR) is 106 cm³/mol. The minimum atomic E-state index is -1.20. The standard InChI is InChI=1S/C22H25NO5/c1-22(2)16-10-6-8-14-7-5-9-15(20(14)16)21(22)27-13-17(23(3)4)28-19(26)12-11-18(24)25/h5-12,17,21H,13H2,1-4H3,(H,24,25)/b12-11-. The van der Waals surface area contributed by atoms with Crippen molar-refractivity contribution >= 4 is 22.7 Å². The van der Waals surface area contributed by atoms with E-state index in [1.807, 2.05) is 6.07 Å². The van der Waals surface area contributed by atoms with Gasteiger partial charge in [0, 0.05) is 17.6 Å². The molecule has 1 N–H and O–H groups in total. The summed E-state index contributed by atoms with van der Waals surface area (Å²) in [6, 6.07) is 12.5. The van der Waals surface area contributed by atoms with Crippen LogP contribution in [-0.2, 0) is 24.5 Å². The van der Waals surface area contributed by atoms with Gasteiger partial charge in [0.1, 0.15) is 0 Å². The molecule has 0 spiro atoms. The Labute approximate surface area is 164 Å². The Morgan fingerprint density at radius 2 is 1.86 bits per heavy atom. The van der Waals surface area contributed by atoms with Gasteiger partial charge < -0.3 is 14.6 Å². The van der Waals surface area contributed by atoms with Crippen LogP contribution in [0, 0.1) is 0 Å². The largest absolute Gasteiger partial charge is 0.478 e. The first-order chi connectivity index (χ1) is 13.2. The zero-order valence-corrected chi connectivity index (χ0v) is 16.5. The lowest BCUT2D eigenvalue weighted by atomic mass is 9.83. The van der Waals surface area contributed by atoms with Crippen LogP contribution >= 0.6 is 0 Å². The smallest absolute Gasteiger partial charge is 0.332 e. The SMILES string of the molecule is CN(C)C(COC1c2cccc3cccc(c23)C1(C)C)OC(=O)/C=C\C(=O)O. The summed E-state index contributed by atoms with van der Waals surface area (Å²) in [6.45, 7) is 4.47. The lowest BCUT2D eigenvalue weighted by Crippen LogP contribution is -2.38. The van der Waals surface area contributed by atoms with Crippen LogP contribution in [0.5, 0.6) is 0 Å². The van der Waals surface area contributed by atoms with Crippen molar-refractivity contribution in [2.24, 2.45) is 0 Å². The lowest BCUT2D eigenvalue weighted by Gasteiger charge is -2.32. The highest BCUT2D eigenvalue weighted by Gasteiger charge is 2.42. The van der Waals surface area contributed by atoms with Crippen LogP contribution in [0.2, 0.25) is 0 Å². The summed E-state index contributed by atoms with van der Waals surface area (Å²) >= 11 is 0. The quantitative estimate of drug-likeness (QED) is 0.449. The molecule has 2 aromatic carbocycles. The number of carboxylic acids is 1. The van der Waals surface area contributed by atoms with Crippen molar-refractivity contribution in [2.45, 2.75) is 31.6 Å². The van der Waals surface area contributed by atoms with E-state index in [0.717, 1.165) is 17.7 Å². The minimum Gasteiger partial charge on any atom is -0.478 e. The summed E-state index contributed by atoms with van der Waals surface area (Å²) in [5.41, 5.74) is 2.15. The Balaban J connectivity index is 1.78. The minimum absolute atomic E-state index is 0.165. The van der Waals surface area contributed by atoms with Crippen LogP contribution < -0.4 is 0 Å². The molecule has 3 rings (SSSR count). The van der Waals surface area contributed by atoms with E-state index >= 15 is 0 Å². The van der Waals surface area contributed by atoms with E-state index in [4.69, 9.17) is 14.6 Å². The first kappa shape index (κ1) is 20.0. The van der Waals surface area contributed by atoms with Crippen LogP contribution in [0.15, 0.2) is 48.6 Å². The van der Waals surface area contributed by atoms with E-state index in [9.17, 15) is 9.59 Å². The number of hydrogen-bond donors (Lipinski definition) is 1. The monoisotopic (exact) mass is 383 g/mol. The highest BCUT2D eigenvalue weighted by atomic mass is 16.6. The molecule has 0 bridgehead atoms. The third-order valence-corrected chi connectivity index (χ3v) is 5.16. The second-order valence-corrected chi connectivity index (χ2v) is 7.71. The topological polar surface area (TPSA) is 76.1 Å². The molecular formula is C22H25NO5. The molecule has 2 aromatic rings. The van der Waals surface area contributed by atoms with Gasteiger partial charge in [0.2, 0.25) is 0 Å². The summed E-state index contributed by atoms with van der Waals surface area (Å²) in [7, 11) is 3.55. The fourth-order valence-electron chi connectivity index (χ4n) is 3.73. The fraction of sp³-hybridized carbons (Fsp3) is 0.364. The molecule has 148 valence electrons. The molecule has 1 aliphatic carbocycles. The number of benzene rings is 2. The maximum atomic E-state index is 11.9. The molecule has 0 aliphatic heterocycles. The van der Waals surface area contributed by atoms with Crippen LogP contribution in [0.1, 0.15) is 31.1 Å². The van der Waals surface area contributed by atoms with Gasteiger partial charge in [0.05, 0.1) is 12.7 Å². The molecule has 0 radical (unpaired) electrons. The van der Waals surface area contributed by atoms with Gasteiger partial charge in [-0.15, -0.1) is 0 Å². The van der Waals surface area contributed by atoms with Gasteiger partial charge >= 0.3 is 11.9 Å². The number of carbonyl (C=O) groups is 2. The van der Waals surface area contributed by atoms with Gasteiger partial charge in [-0.05, 0) is 36.0 Å². The average molecular weight is 383 g/mol. The summed E-state index contributed by atoms with van der Waals surface area (Å²) < 4.78 is 11.6. The van der Waals surface area contributed by atoms with E-state index in [-0.39, 0.29) is 18.1 Å². The van der Waals surface area contributed by atoms with E-state index in [0.29, 0.717) is 0 Å². The average Bonchev–Trinajstić information content (AvgIpc) is 2.86. The predicted octanol–water partition coefficient (Wildman–Crippen LogP) is 3.26. The summed E-state index contributed by atoms with van der Waals surface area (Å²) in [6.07, 6.45) is 0.844. The molecule has 6 nitrogen and oxygen atoms in total. The number of aliphatic carboxylic acids is 1. The first-order valence-electron chi connectivity index (χ1n) is 9.13. The number of esters is 1. The number of ether oxygens (including phenoxy) is 2. The van der Waals surface area contributed by atoms with Gasteiger partial charge in [-0.1, -0.05) is 50.2 Å². The fourth-order valence-corrected chi connectivity index (χ4v) is 3.73. The molecule has 0 amide bonds. The molecule has 2 atom stereocenters. The van der Waals surface area contributed by atoms with Crippen molar-refractivity contribution < 1.29 is 24.2 Å². The molecule has 6 heteroatoms. The van der Waals surface area contributed by atoms with Gasteiger partial charge in [-0.2, -0.15) is 0 Å². The third-order valence-electron chi connectivity index (χ3n) is 5.16. The van der Waals surface area contributed by atoms with E-state index in [2.05, 4.69) is 44.2 Å². The molecule has 28 heavy (non-hydrogen) atoms. The normalized spacial score (nSPS) is 18.7. The molecule has 2 unspecified atom stereocenters. The maximum absolute atomic E-state index is 11.9. The Bertz CT molecular complexity index is 926. The van der Waals surface area contributed by atoms with Crippen LogP contribution in [0.25, 0.3) is 10.8 Å². The molecule has 1 aliphatic rings. The molecule has 0 saturated heterocycles. The van der Waals surface area contributed by atoms with Crippen molar-refractivity contribution in [3.63, 3.8) is 0 Å². The number of nitrogens with zero attached hydrogens (tertiary/aromatic N) is 1. The van der Waals surface area contributed by atoms with Gasteiger partial charge in [-0.25, -0.2) is 9.59 Å². The number of rotatable bonds is 7. The van der Waals surface area contributed by atoms with Crippen molar-refractivity contribution in [3.8, 4) is 0 Å². The molecule has 0 heterocycles. The highest BCUT2D eigenvalue weighted by Crippen LogP contribution is 2.51. The van der Waals surface area contributed by atoms with E-state index in [1.165, 1.54) is 16.3 Å². The number of carboxylic acid groups (broad SMARTS) is 1. The van der Waals surface area contributed by atoms with Crippen LogP contribution in [-0.4, -0.2) is 48.9 Å². The summed E-state index contributed by atoms with van der Waals surface area (Å²) in [4.78, 5) is 24.2. The maximum Gasteiger partial charge on any atom is 0.332 e.